The Balaban J connectivity index is 2.23. The molecule has 7 heteroatoms. The number of nitrogens with one attached hydrogen (secondary N) is 1. The van der Waals surface area contributed by atoms with E-state index in [-0.39, 0.29) is 11.5 Å². The van der Waals surface area contributed by atoms with Gasteiger partial charge in [-0.15, -0.1) is 0 Å². The lowest BCUT2D eigenvalue weighted by Gasteiger charge is -2.14. The molecule has 0 saturated carbocycles. The van der Waals surface area contributed by atoms with Crippen molar-refractivity contribution < 1.29 is 19.1 Å². The van der Waals surface area contributed by atoms with Gasteiger partial charge in [-0.05, 0) is 30.7 Å². The van der Waals surface area contributed by atoms with Crippen LogP contribution in [0.4, 0.5) is 4.39 Å². The van der Waals surface area contributed by atoms with E-state index >= 15 is 0 Å². The summed E-state index contributed by atoms with van der Waals surface area (Å²) >= 11 is 0. The number of carboxylic acid groups (broad SMARTS) is 1. The third kappa shape index (κ3) is 3.49. The minimum absolute atomic E-state index is 0.189. The molecule has 1 aromatic carbocycles. The summed E-state index contributed by atoms with van der Waals surface area (Å²) in [6, 6.07) is 4.61. The van der Waals surface area contributed by atoms with Crippen molar-refractivity contribution in [1.82, 2.24) is 14.9 Å². The molecule has 0 saturated heterocycles. The zero-order valence-corrected chi connectivity index (χ0v) is 12.0. The van der Waals surface area contributed by atoms with Crippen molar-refractivity contribution in [2.75, 3.05) is 0 Å². The van der Waals surface area contributed by atoms with E-state index in [2.05, 4.69) is 10.3 Å². The lowest BCUT2D eigenvalue weighted by molar-refractivity contribution is -0.139. The quantitative estimate of drug-likeness (QED) is 0.855. The van der Waals surface area contributed by atoms with E-state index in [0.717, 1.165) is 0 Å². The lowest BCUT2D eigenvalue weighted by atomic mass is 10.1. The maximum Gasteiger partial charge on any atom is 0.326 e. The Hall–Kier alpha value is -2.70. The molecule has 0 fully saturated rings. The first kappa shape index (κ1) is 15.7. The molecule has 0 aliphatic carbocycles. The van der Waals surface area contributed by atoms with Crippen LogP contribution in [0.15, 0.2) is 36.8 Å². The Kier molecular flexibility index (Phi) is 4.88. The molecule has 22 heavy (non-hydrogen) atoms. The SMILES string of the molecule is CCCC(NC(=O)c1cncn1-c1ccc(F)cc1)C(=O)O. The standard InChI is InChI=1S/C15H16FN3O3/c1-2-3-12(15(21)22)18-14(20)13-8-17-9-19(13)11-6-4-10(16)5-7-11/h4-9,12H,2-3H2,1H3,(H,18,20)(H,21,22). The van der Waals surface area contributed by atoms with Crippen LogP contribution in [0.1, 0.15) is 30.3 Å². The van der Waals surface area contributed by atoms with Gasteiger partial charge in [0, 0.05) is 5.69 Å². The van der Waals surface area contributed by atoms with E-state index in [0.29, 0.717) is 18.5 Å². The van der Waals surface area contributed by atoms with Gasteiger partial charge in [0.1, 0.15) is 17.6 Å². The topological polar surface area (TPSA) is 84.2 Å². The molecule has 2 N–H and O–H groups in total. The fourth-order valence-corrected chi connectivity index (χ4v) is 2.05. The maximum atomic E-state index is 13.0. The Morgan fingerprint density at radius 3 is 2.64 bits per heavy atom. The van der Waals surface area contributed by atoms with Gasteiger partial charge in [0.25, 0.3) is 5.91 Å². The number of aliphatic carboxylic acids is 1. The molecule has 1 heterocycles. The zero-order chi connectivity index (χ0) is 16.1. The second-order valence-corrected chi connectivity index (χ2v) is 4.78. The molecule has 0 aliphatic heterocycles. The van der Waals surface area contributed by atoms with Crippen molar-refractivity contribution >= 4 is 11.9 Å². The predicted molar refractivity (Wildman–Crippen MR) is 77.3 cm³/mol. The summed E-state index contributed by atoms with van der Waals surface area (Å²) in [5.41, 5.74) is 0.750. The van der Waals surface area contributed by atoms with Crippen LogP contribution in [0.3, 0.4) is 0 Å². The molecule has 1 atom stereocenters. The molecular weight excluding hydrogens is 289 g/mol. The maximum absolute atomic E-state index is 13.0. The third-order valence-electron chi connectivity index (χ3n) is 3.16. The van der Waals surface area contributed by atoms with Crippen LogP contribution in [0, 0.1) is 5.82 Å². The van der Waals surface area contributed by atoms with Crippen molar-refractivity contribution in [3.05, 3.63) is 48.3 Å². The molecule has 1 unspecified atom stereocenters. The van der Waals surface area contributed by atoms with E-state index in [4.69, 9.17) is 5.11 Å². The average Bonchev–Trinajstić information content (AvgIpc) is 2.97. The highest BCUT2D eigenvalue weighted by atomic mass is 19.1. The highest BCUT2D eigenvalue weighted by molar-refractivity contribution is 5.95. The molecule has 116 valence electrons. The number of nitrogens with zero attached hydrogens (tertiary/aromatic N) is 2. The Morgan fingerprint density at radius 2 is 2.05 bits per heavy atom. The van der Waals surface area contributed by atoms with Crippen molar-refractivity contribution in [3.63, 3.8) is 0 Å². The van der Waals surface area contributed by atoms with Crippen molar-refractivity contribution in [3.8, 4) is 5.69 Å². The summed E-state index contributed by atoms with van der Waals surface area (Å²) in [5.74, 6) is -2.01. The van der Waals surface area contributed by atoms with E-state index in [9.17, 15) is 14.0 Å². The summed E-state index contributed by atoms with van der Waals surface area (Å²) in [4.78, 5) is 27.3. The number of carbonyl (C=O) groups is 2. The van der Waals surface area contributed by atoms with Crippen LogP contribution in [0.5, 0.6) is 0 Å². The normalized spacial score (nSPS) is 11.9. The summed E-state index contributed by atoms with van der Waals surface area (Å²) in [6.45, 7) is 1.84. The fraction of sp³-hybridized carbons (Fsp3) is 0.267. The first-order valence-corrected chi connectivity index (χ1v) is 6.85. The van der Waals surface area contributed by atoms with Crippen LogP contribution in [0.2, 0.25) is 0 Å². The smallest absolute Gasteiger partial charge is 0.326 e. The van der Waals surface area contributed by atoms with Crippen molar-refractivity contribution in [2.24, 2.45) is 0 Å². The Morgan fingerprint density at radius 1 is 1.36 bits per heavy atom. The number of benzene rings is 1. The summed E-state index contributed by atoms with van der Waals surface area (Å²) in [7, 11) is 0. The molecular formula is C15H16FN3O3. The number of carbonyl (C=O) groups excluding carboxylic acids is 1. The number of aromatic nitrogens is 2. The van der Waals surface area contributed by atoms with Crippen LogP contribution >= 0.6 is 0 Å². The van der Waals surface area contributed by atoms with Crippen LogP contribution in [-0.2, 0) is 4.79 Å². The largest absolute Gasteiger partial charge is 0.480 e. The van der Waals surface area contributed by atoms with E-state index < -0.39 is 17.9 Å². The predicted octanol–water partition coefficient (Wildman–Crippen LogP) is 1.99. The highest BCUT2D eigenvalue weighted by Crippen LogP contribution is 2.12. The molecule has 0 aliphatic rings. The summed E-state index contributed by atoms with van der Waals surface area (Å²) < 4.78 is 14.4. The van der Waals surface area contributed by atoms with Crippen LogP contribution < -0.4 is 5.32 Å². The second kappa shape index (κ2) is 6.84. The van der Waals surface area contributed by atoms with Gasteiger partial charge in [-0.1, -0.05) is 13.3 Å². The zero-order valence-electron chi connectivity index (χ0n) is 12.0. The minimum Gasteiger partial charge on any atom is -0.480 e. The highest BCUT2D eigenvalue weighted by Gasteiger charge is 2.21. The van der Waals surface area contributed by atoms with Gasteiger partial charge in [-0.3, -0.25) is 9.36 Å². The number of imidazole rings is 1. The first-order valence-electron chi connectivity index (χ1n) is 6.85. The summed E-state index contributed by atoms with van der Waals surface area (Å²) in [5, 5.41) is 11.6. The number of halogens is 1. The van der Waals surface area contributed by atoms with Crippen molar-refractivity contribution in [1.29, 1.82) is 0 Å². The summed E-state index contributed by atoms with van der Waals surface area (Å²) in [6.07, 6.45) is 3.72. The van der Waals surface area contributed by atoms with Crippen LogP contribution in [-0.4, -0.2) is 32.6 Å². The van der Waals surface area contributed by atoms with E-state index in [1.54, 1.807) is 0 Å². The molecule has 0 radical (unpaired) electrons. The number of hydrogen-bond acceptors (Lipinski definition) is 3. The van der Waals surface area contributed by atoms with Gasteiger partial charge in [0.05, 0.1) is 12.5 Å². The number of amides is 1. The Labute approximate surface area is 126 Å². The third-order valence-corrected chi connectivity index (χ3v) is 3.16. The lowest BCUT2D eigenvalue weighted by Crippen LogP contribution is -2.41. The van der Waals surface area contributed by atoms with Gasteiger partial charge in [0.2, 0.25) is 0 Å². The minimum atomic E-state index is -1.08. The first-order chi connectivity index (χ1) is 10.5. The number of hydrogen-bond donors (Lipinski definition) is 2. The average molecular weight is 305 g/mol. The van der Waals surface area contributed by atoms with E-state index in [1.165, 1.54) is 41.4 Å². The van der Waals surface area contributed by atoms with E-state index in [1.807, 2.05) is 6.92 Å². The van der Waals surface area contributed by atoms with Gasteiger partial charge in [-0.2, -0.15) is 0 Å². The van der Waals surface area contributed by atoms with Crippen LogP contribution in [0.25, 0.3) is 5.69 Å². The second-order valence-electron chi connectivity index (χ2n) is 4.78. The molecule has 1 amide bonds. The molecule has 2 aromatic rings. The Bertz CT molecular complexity index is 667. The number of carboxylic acids is 1. The molecule has 0 bridgehead atoms. The number of rotatable bonds is 6. The molecule has 6 nitrogen and oxygen atoms in total. The molecule has 0 spiro atoms. The fourth-order valence-electron chi connectivity index (χ4n) is 2.05. The van der Waals surface area contributed by atoms with Gasteiger partial charge in [-0.25, -0.2) is 14.2 Å². The van der Waals surface area contributed by atoms with Gasteiger partial charge >= 0.3 is 5.97 Å². The van der Waals surface area contributed by atoms with Gasteiger partial charge < -0.3 is 10.4 Å². The molecule has 2 rings (SSSR count). The monoisotopic (exact) mass is 305 g/mol. The molecule has 1 aromatic heterocycles. The van der Waals surface area contributed by atoms with Gasteiger partial charge in [0.15, 0.2) is 0 Å². The van der Waals surface area contributed by atoms with Crippen molar-refractivity contribution in [2.45, 2.75) is 25.8 Å².